The lowest BCUT2D eigenvalue weighted by Crippen LogP contribution is -1.96. The molecule has 1 N–H and O–H groups in total. The van der Waals surface area contributed by atoms with Crippen molar-refractivity contribution < 1.29 is 14.3 Å². The van der Waals surface area contributed by atoms with E-state index in [1.807, 2.05) is 12.1 Å². The van der Waals surface area contributed by atoms with Crippen LogP contribution in [0, 0.1) is 11.3 Å². The van der Waals surface area contributed by atoms with Crippen LogP contribution in [0.2, 0.25) is 0 Å². The van der Waals surface area contributed by atoms with E-state index >= 15 is 0 Å². The summed E-state index contributed by atoms with van der Waals surface area (Å²) >= 11 is 2.63. The quantitative estimate of drug-likeness (QED) is 0.808. The van der Waals surface area contributed by atoms with Crippen molar-refractivity contribution in [3.05, 3.63) is 40.1 Å². The molecule has 1 aliphatic heterocycles. The molecule has 6 heteroatoms. The SMILES string of the molecule is CCCSc1ccc(C2CC(F)=C(C(=O)O)S2)cc1C#N. The van der Waals surface area contributed by atoms with Gasteiger partial charge in [0.15, 0.2) is 0 Å². The van der Waals surface area contributed by atoms with Gasteiger partial charge in [0, 0.05) is 16.6 Å². The van der Waals surface area contributed by atoms with Gasteiger partial charge in [-0.25, -0.2) is 9.18 Å². The minimum Gasteiger partial charge on any atom is -0.477 e. The van der Waals surface area contributed by atoms with Gasteiger partial charge in [0.05, 0.1) is 5.56 Å². The summed E-state index contributed by atoms with van der Waals surface area (Å²) in [5.41, 5.74) is 1.36. The molecule has 1 unspecified atom stereocenters. The zero-order valence-corrected chi connectivity index (χ0v) is 13.1. The number of hydrogen-bond acceptors (Lipinski definition) is 4. The number of benzene rings is 1. The molecule has 110 valence electrons. The predicted octanol–water partition coefficient (Wildman–Crippen LogP) is 4.50. The molecule has 0 aromatic heterocycles. The monoisotopic (exact) mass is 323 g/mol. The van der Waals surface area contributed by atoms with E-state index in [4.69, 9.17) is 5.11 Å². The Bertz CT molecular complexity index is 637. The minimum absolute atomic E-state index is 0.0681. The lowest BCUT2D eigenvalue weighted by Gasteiger charge is -2.11. The maximum atomic E-state index is 13.6. The van der Waals surface area contributed by atoms with Gasteiger partial charge in [0.25, 0.3) is 0 Å². The van der Waals surface area contributed by atoms with Gasteiger partial charge in [-0.05, 0) is 29.9 Å². The van der Waals surface area contributed by atoms with Gasteiger partial charge < -0.3 is 5.11 Å². The summed E-state index contributed by atoms with van der Waals surface area (Å²) in [6, 6.07) is 7.63. The maximum Gasteiger partial charge on any atom is 0.344 e. The standard InChI is InChI=1S/C15H14FNO2S2/c1-2-5-20-12-4-3-9(6-10(12)8-17)13-7-11(16)14(21-13)15(18)19/h3-4,6,13H,2,5,7H2,1H3,(H,18,19). The van der Waals surface area contributed by atoms with Crippen molar-refractivity contribution in [3.63, 3.8) is 0 Å². The van der Waals surface area contributed by atoms with Gasteiger partial charge in [-0.3, -0.25) is 0 Å². The smallest absolute Gasteiger partial charge is 0.344 e. The highest BCUT2D eigenvalue weighted by Crippen LogP contribution is 2.48. The summed E-state index contributed by atoms with van der Waals surface area (Å²) in [7, 11) is 0. The van der Waals surface area contributed by atoms with Crippen LogP contribution in [0.4, 0.5) is 4.39 Å². The number of rotatable bonds is 5. The van der Waals surface area contributed by atoms with Crippen molar-refractivity contribution in [1.29, 1.82) is 5.26 Å². The fourth-order valence-corrected chi connectivity index (χ4v) is 3.99. The lowest BCUT2D eigenvalue weighted by atomic mass is 10.1. The van der Waals surface area contributed by atoms with E-state index in [-0.39, 0.29) is 16.6 Å². The molecule has 0 amide bonds. The maximum absolute atomic E-state index is 13.6. The van der Waals surface area contributed by atoms with E-state index in [0.29, 0.717) is 5.56 Å². The van der Waals surface area contributed by atoms with E-state index in [1.54, 1.807) is 17.8 Å². The fourth-order valence-electron chi connectivity index (χ4n) is 2.03. The van der Waals surface area contributed by atoms with Crippen molar-refractivity contribution in [2.45, 2.75) is 29.9 Å². The number of thioether (sulfide) groups is 2. The van der Waals surface area contributed by atoms with Crippen LogP contribution in [0.1, 0.15) is 36.1 Å². The zero-order chi connectivity index (χ0) is 15.4. The first-order valence-corrected chi connectivity index (χ1v) is 8.38. The van der Waals surface area contributed by atoms with Crippen LogP contribution >= 0.6 is 23.5 Å². The van der Waals surface area contributed by atoms with Crippen molar-refractivity contribution in [2.75, 3.05) is 5.75 Å². The average Bonchev–Trinajstić information content (AvgIpc) is 2.87. The molecule has 1 aromatic carbocycles. The van der Waals surface area contributed by atoms with Crippen LogP contribution < -0.4 is 0 Å². The summed E-state index contributed by atoms with van der Waals surface area (Å²) in [6.07, 6.45) is 1.09. The van der Waals surface area contributed by atoms with E-state index < -0.39 is 11.8 Å². The number of allylic oxidation sites excluding steroid dienone is 1. The Morgan fingerprint density at radius 3 is 2.95 bits per heavy atom. The first kappa shape index (κ1) is 15.9. The number of aliphatic carboxylic acids is 1. The van der Waals surface area contributed by atoms with E-state index in [1.165, 1.54) is 0 Å². The Balaban J connectivity index is 2.20. The Kier molecular flexibility index (Phi) is 5.32. The summed E-state index contributed by atoms with van der Waals surface area (Å²) in [5.74, 6) is -0.873. The van der Waals surface area contributed by atoms with Crippen molar-refractivity contribution >= 4 is 29.5 Å². The molecule has 0 spiro atoms. The van der Waals surface area contributed by atoms with Crippen molar-refractivity contribution in [3.8, 4) is 6.07 Å². The number of nitriles is 1. The van der Waals surface area contributed by atoms with Crippen molar-refractivity contribution in [2.24, 2.45) is 0 Å². The molecule has 0 saturated carbocycles. The number of carbonyl (C=O) groups is 1. The number of hydrogen-bond donors (Lipinski definition) is 1. The topological polar surface area (TPSA) is 61.1 Å². The molecule has 2 rings (SSSR count). The molecule has 1 aliphatic rings. The second kappa shape index (κ2) is 7.01. The van der Waals surface area contributed by atoms with Gasteiger partial charge >= 0.3 is 5.97 Å². The van der Waals surface area contributed by atoms with Crippen LogP contribution in [0.3, 0.4) is 0 Å². The van der Waals surface area contributed by atoms with E-state index in [9.17, 15) is 14.4 Å². The largest absolute Gasteiger partial charge is 0.477 e. The third kappa shape index (κ3) is 3.60. The number of nitrogens with zero attached hydrogens (tertiary/aromatic N) is 1. The predicted molar refractivity (Wildman–Crippen MR) is 82.9 cm³/mol. The number of halogens is 1. The normalized spacial score (nSPS) is 17.9. The van der Waals surface area contributed by atoms with E-state index in [2.05, 4.69) is 13.0 Å². The van der Waals surface area contributed by atoms with E-state index in [0.717, 1.165) is 34.4 Å². The molecule has 3 nitrogen and oxygen atoms in total. The highest BCUT2D eigenvalue weighted by molar-refractivity contribution is 8.04. The number of carboxylic acids is 1. The Hall–Kier alpha value is -1.45. The summed E-state index contributed by atoms with van der Waals surface area (Å²) in [5, 5.41) is 17.9. The van der Waals surface area contributed by atoms with Gasteiger partial charge in [-0.1, -0.05) is 13.0 Å². The van der Waals surface area contributed by atoms with Crippen LogP contribution in [0.25, 0.3) is 0 Å². The molecule has 21 heavy (non-hydrogen) atoms. The zero-order valence-electron chi connectivity index (χ0n) is 11.4. The first-order valence-electron chi connectivity index (χ1n) is 6.52. The second-order valence-electron chi connectivity index (χ2n) is 4.57. The molecule has 1 atom stereocenters. The molecule has 0 bridgehead atoms. The summed E-state index contributed by atoms with van der Waals surface area (Å²) < 4.78 is 13.6. The van der Waals surface area contributed by atoms with Crippen LogP contribution in [0.15, 0.2) is 33.8 Å². The molecule has 0 aliphatic carbocycles. The van der Waals surface area contributed by atoms with Crippen LogP contribution in [-0.4, -0.2) is 16.8 Å². The van der Waals surface area contributed by atoms with Gasteiger partial charge in [-0.2, -0.15) is 5.26 Å². The molecule has 0 radical (unpaired) electrons. The molecule has 0 fully saturated rings. The average molecular weight is 323 g/mol. The third-order valence-electron chi connectivity index (χ3n) is 3.02. The molecule has 1 aromatic rings. The highest BCUT2D eigenvalue weighted by atomic mass is 32.2. The second-order valence-corrected chi connectivity index (χ2v) is 6.92. The highest BCUT2D eigenvalue weighted by Gasteiger charge is 2.31. The lowest BCUT2D eigenvalue weighted by molar-refractivity contribution is -0.131. The van der Waals surface area contributed by atoms with Crippen molar-refractivity contribution in [1.82, 2.24) is 0 Å². The minimum atomic E-state index is -1.23. The Morgan fingerprint density at radius 1 is 1.62 bits per heavy atom. The van der Waals surface area contributed by atoms with Gasteiger partial charge in [0.2, 0.25) is 0 Å². The molecular formula is C15H14FNO2S2. The fraction of sp³-hybridized carbons (Fsp3) is 0.333. The van der Waals surface area contributed by atoms with Gasteiger partial charge in [-0.15, -0.1) is 23.5 Å². The summed E-state index contributed by atoms with van der Waals surface area (Å²) in [6.45, 7) is 2.07. The molecule has 0 saturated heterocycles. The number of carboxylic acid groups (broad SMARTS) is 1. The first-order chi connectivity index (χ1) is 10.1. The Labute approximate surface area is 131 Å². The van der Waals surface area contributed by atoms with Crippen LogP contribution in [-0.2, 0) is 4.79 Å². The molecule has 1 heterocycles. The molecular weight excluding hydrogens is 309 g/mol. The van der Waals surface area contributed by atoms with Crippen LogP contribution in [0.5, 0.6) is 0 Å². The summed E-state index contributed by atoms with van der Waals surface area (Å²) in [4.78, 5) is 11.6. The Morgan fingerprint density at radius 2 is 2.38 bits per heavy atom. The van der Waals surface area contributed by atoms with Gasteiger partial charge in [0.1, 0.15) is 16.8 Å². The third-order valence-corrected chi connectivity index (χ3v) is 5.66.